The highest BCUT2D eigenvalue weighted by Gasteiger charge is 1.82. The van der Waals surface area contributed by atoms with Gasteiger partial charge in [-0.25, -0.2) is 0 Å². The predicted molar refractivity (Wildman–Crippen MR) is 57.8 cm³/mol. The van der Waals surface area contributed by atoms with Gasteiger partial charge in [-0.1, -0.05) is 11.8 Å². The molecule has 0 aliphatic carbocycles. The van der Waals surface area contributed by atoms with Crippen molar-refractivity contribution >= 4 is 0 Å². The van der Waals surface area contributed by atoms with Gasteiger partial charge in [0.05, 0.1) is 0 Å². The van der Waals surface area contributed by atoms with Gasteiger partial charge in [0.2, 0.25) is 0 Å². The number of unbranched alkanes of at least 4 members (excludes halogenated alkanes) is 3. The molecule has 14 heavy (non-hydrogen) atoms. The van der Waals surface area contributed by atoms with Crippen LogP contribution in [-0.2, 0) is 9.47 Å². The summed E-state index contributed by atoms with van der Waals surface area (Å²) >= 11 is 0. The third-order valence-corrected chi connectivity index (χ3v) is 1.54. The van der Waals surface area contributed by atoms with Crippen molar-refractivity contribution in [2.75, 3.05) is 27.4 Å². The van der Waals surface area contributed by atoms with E-state index in [1.54, 1.807) is 14.2 Å². The molecule has 0 aromatic rings. The van der Waals surface area contributed by atoms with Gasteiger partial charge in [-0.15, -0.1) is 11.8 Å². The largest absolute Gasteiger partial charge is 0.372 e. The van der Waals surface area contributed by atoms with Gasteiger partial charge in [0.15, 0.2) is 0 Å². The fourth-order valence-corrected chi connectivity index (χ4v) is 0.850. The second kappa shape index (κ2) is 12.0. The minimum Gasteiger partial charge on any atom is -0.372 e. The lowest BCUT2D eigenvalue weighted by Crippen LogP contribution is -1.82. The Balaban J connectivity index is 3.16. The smallest absolute Gasteiger partial charge is 0.107 e. The molecule has 0 saturated carbocycles. The first-order chi connectivity index (χ1) is 6.91. The van der Waals surface area contributed by atoms with E-state index in [0.29, 0.717) is 13.2 Å². The Labute approximate surface area is 87.0 Å². The number of hydrogen-bond donors (Lipinski definition) is 0. The van der Waals surface area contributed by atoms with E-state index in [1.165, 1.54) is 0 Å². The molecule has 78 valence electrons. The van der Waals surface area contributed by atoms with Crippen molar-refractivity contribution in [1.82, 2.24) is 0 Å². The minimum absolute atomic E-state index is 0.535. The Hall–Kier alpha value is -0.960. The van der Waals surface area contributed by atoms with Crippen LogP contribution in [0.3, 0.4) is 0 Å². The first-order valence-corrected chi connectivity index (χ1v) is 4.81. The van der Waals surface area contributed by atoms with E-state index in [9.17, 15) is 0 Å². The summed E-state index contributed by atoms with van der Waals surface area (Å²) in [6.07, 6.45) is 4.10. The zero-order chi connectivity index (χ0) is 10.5. The van der Waals surface area contributed by atoms with Crippen LogP contribution in [-0.4, -0.2) is 27.4 Å². The molecule has 0 N–H and O–H groups in total. The SMILES string of the molecule is COCC#CCCCCC#CCOC. The number of methoxy groups -OCH3 is 2. The first-order valence-electron chi connectivity index (χ1n) is 4.81. The Morgan fingerprint density at radius 2 is 1.14 bits per heavy atom. The van der Waals surface area contributed by atoms with E-state index in [-0.39, 0.29) is 0 Å². The standard InChI is InChI=1S/C12H18O2/c1-13-11-9-7-5-3-4-6-8-10-12-14-2/h3-6,11-12H2,1-2H3. The summed E-state index contributed by atoms with van der Waals surface area (Å²) in [6.45, 7) is 1.07. The van der Waals surface area contributed by atoms with Crippen LogP contribution in [0, 0.1) is 23.7 Å². The molecule has 0 amide bonds. The van der Waals surface area contributed by atoms with Gasteiger partial charge in [0.25, 0.3) is 0 Å². The van der Waals surface area contributed by atoms with Gasteiger partial charge in [0.1, 0.15) is 13.2 Å². The quantitative estimate of drug-likeness (QED) is 0.491. The maximum absolute atomic E-state index is 4.80. The van der Waals surface area contributed by atoms with Gasteiger partial charge < -0.3 is 9.47 Å². The summed E-state index contributed by atoms with van der Waals surface area (Å²) in [7, 11) is 3.31. The summed E-state index contributed by atoms with van der Waals surface area (Å²) < 4.78 is 9.61. The van der Waals surface area contributed by atoms with Crippen molar-refractivity contribution in [3.63, 3.8) is 0 Å². The lowest BCUT2D eigenvalue weighted by molar-refractivity contribution is 0.239. The Morgan fingerprint density at radius 3 is 1.50 bits per heavy atom. The van der Waals surface area contributed by atoms with E-state index in [4.69, 9.17) is 9.47 Å². The Bertz CT molecular complexity index is 198. The normalized spacial score (nSPS) is 8.43. The van der Waals surface area contributed by atoms with Crippen molar-refractivity contribution in [3.8, 4) is 23.7 Å². The monoisotopic (exact) mass is 194 g/mol. The fourth-order valence-electron chi connectivity index (χ4n) is 0.850. The lowest BCUT2D eigenvalue weighted by Gasteiger charge is -1.89. The van der Waals surface area contributed by atoms with Crippen molar-refractivity contribution in [1.29, 1.82) is 0 Å². The summed E-state index contributed by atoms with van der Waals surface area (Å²) in [6, 6.07) is 0. The zero-order valence-corrected chi connectivity index (χ0v) is 9.06. The van der Waals surface area contributed by atoms with Crippen LogP contribution in [0.15, 0.2) is 0 Å². The van der Waals surface area contributed by atoms with Crippen molar-refractivity contribution < 1.29 is 9.47 Å². The molecule has 0 heterocycles. The molecule has 2 nitrogen and oxygen atoms in total. The highest BCUT2D eigenvalue weighted by atomic mass is 16.5. The maximum Gasteiger partial charge on any atom is 0.107 e. The first kappa shape index (κ1) is 13.0. The second-order valence-corrected chi connectivity index (χ2v) is 2.78. The average Bonchev–Trinajstić information content (AvgIpc) is 2.21. The van der Waals surface area contributed by atoms with Crippen LogP contribution in [0.1, 0.15) is 25.7 Å². The van der Waals surface area contributed by atoms with Crippen LogP contribution in [0.2, 0.25) is 0 Å². The zero-order valence-electron chi connectivity index (χ0n) is 9.06. The van der Waals surface area contributed by atoms with Crippen molar-refractivity contribution in [3.05, 3.63) is 0 Å². The van der Waals surface area contributed by atoms with Gasteiger partial charge in [-0.2, -0.15) is 0 Å². The van der Waals surface area contributed by atoms with E-state index in [1.807, 2.05) is 0 Å². The molecule has 0 aliphatic heterocycles. The fraction of sp³-hybridized carbons (Fsp3) is 0.667. The molecule has 2 heteroatoms. The molecule has 0 aromatic carbocycles. The van der Waals surface area contributed by atoms with Crippen LogP contribution in [0.4, 0.5) is 0 Å². The second-order valence-electron chi connectivity index (χ2n) is 2.78. The minimum atomic E-state index is 0.535. The van der Waals surface area contributed by atoms with Crippen LogP contribution < -0.4 is 0 Å². The molecular weight excluding hydrogens is 176 g/mol. The van der Waals surface area contributed by atoms with Crippen LogP contribution in [0.25, 0.3) is 0 Å². The maximum atomic E-state index is 4.80. The van der Waals surface area contributed by atoms with Crippen molar-refractivity contribution in [2.45, 2.75) is 25.7 Å². The summed E-state index contributed by atoms with van der Waals surface area (Å²) in [5.41, 5.74) is 0. The predicted octanol–water partition coefficient (Wildman–Crippen LogP) is 1.85. The summed E-state index contributed by atoms with van der Waals surface area (Å²) in [4.78, 5) is 0. The van der Waals surface area contributed by atoms with Crippen molar-refractivity contribution in [2.24, 2.45) is 0 Å². The van der Waals surface area contributed by atoms with Crippen LogP contribution in [0.5, 0.6) is 0 Å². The van der Waals surface area contributed by atoms with Gasteiger partial charge >= 0.3 is 0 Å². The Morgan fingerprint density at radius 1 is 0.714 bits per heavy atom. The third-order valence-electron chi connectivity index (χ3n) is 1.54. The third kappa shape index (κ3) is 11.0. The molecule has 0 bridgehead atoms. The molecule has 0 aromatic heterocycles. The van der Waals surface area contributed by atoms with Gasteiger partial charge in [-0.05, 0) is 12.8 Å². The molecule has 0 spiro atoms. The molecule has 0 fully saturated rings. The van der Waals surface area contributed by atoms with Gasteiger partial charge in [-0.3, -0.25) is 0 Å². The lowest BCUT2D eigenvalue weighted by atomic mass is 10.2. The van der Waals surface area contributed by atoms with E-state index in [2.05, 4.69) is 23.7 Å². The average molecular weight is 194 g/mol. The molecule has 0 saturated heterocycles. The number of ether oxygens (including phenoxy) is 2. The highest BCUT2D eigenvalue weighted by molar-refractivity contribution is 5.00. The highest BCUT2D eigenvalue weighted by Crippen LogP contribution is 1.96. The summed E-state index contributed by atoms with van der Waals surface area (Å²) in [5.74, 6) is 11.9. The number of hydrogen-bond acceptors (Lipinski definition) is 2. The van der Waals surface area contributed by atoms with Crippen LogP contribution >= 0.6 is 0 Å². The Kier molecular flexibility index (Phi) is 11.2. The molecular formula is C12H18O2. The summed E-state index contributed by atoms with van der Waals surface area (Å²) in [5, 5.41) is 0. The number of rotatable bonds is 5. The topological polar surface area (TPSA) is 18.5 Å². The van der Waals surface area contributed by atoms with Gasteiger partial charge in [0, 0.05) is 27.1 Å². The van der Waals surface area contributed by atoms with E-state index < -0.39 is 0 Å². The molecule has 0 aliphatic rings. The van der Waals surface area contributed by atoms with E-state index in [0.717, 1.165) is 25.7 Å². The molecule has 0 radical (unpaired) electrons. The van der Waals surface area contributed by atoms with E-state index >= 15 is 0 Å². The molecule has 0 unspecified atom stereocenters. The molecule has 0 rings (SSSR count). The molecule has 0 atom stereocenters.